The second kappa shape index (κ2) is 5.98. The number of pyridine rings is 1. The molecule has 18 heavy (non-hydrogen) atoms. The van der Waals surface area contributed by atoms with E-state index in [0.29, 0.717) is 5.88 Å². The van der Waals surface area contributed by atoms with Crippen LogP contribution in [0.15, 0.2) is 24.4 Å². The molecule has 2 aromatic heterocycles. The maximum atomic E-state index is 5.03. The topological polar surface area (TPSA) is 34.1 Å². The van der Waals surface area contributed by atoms with Crippen molar-refractivity contribution < 1.29 is 4.74 Å². The Kier molecular flexibility index (Phi) is 4.33. The van der Waals surface area contributed by atoms with Gasteiger partial charge in [0.25, 0.3) is 0 Å². The number of nitrogens with zero attached hydrogens (tertiary/aromatic N) is 1. The summed E-state index contributed by atoms with van der Waals surface area (Å²) in [6.07, 6.45) is 1.84. The van der Waals surface area contributed by atoms with Gasteiger partial charge in [-0.05, 0) is 31.0 Å². The van der Waals surface area contributed by atoms with E-state index in [2.05, 4.69) is 30.2 Å². The SMILES string of the molecule is COc1ccc(CNCc2cc(C)c(C)s2)cn1. The fourth-order valence-corrected chi connectivity index (χ4v) is 2.73. The molecule has 2 rings (SSSR count). The smallest absolute Gasteiger partial charge is 0.212 e. The van der Waals surface area contributed by atoms with Gasteiger partial charge in [-0.25, -0.2) is 4.98 Å². The van der Waals surface area contributed by atoms with Gasteiger partial charge in [0.1, 0.15) is 0 Å². The molecule has 0 bridgehead atoms. The van der Waals surface area contributed by atoms with Gasteiger partial charge in [0, 0.05) is 35.1 Å². The number of methoxy groups -OCH3 is 1. The third-order valence-electron chi connectivity index (χ3n) is 2.85. The lowest BCUT2D eigenvalue weighted by molar-refractivity contribution is 0.397. The number of nitrogens with one attached hydrogen (secondary N) is 1. The highest BCUT2D eigenvalue weighted by Crippen LogP contribution is 2.20. The molecule has 0 aliphatic carbocycles. The Morgan fingerprint density at radius 1 is 1.28 bits per heavy atom. The number of hydrogen-bond donors (Lipinski definition) is 1. The third-order valence-corrected chi connectivity index (χ3v) is 4.00. The van der Waals surface area contributed by atoms with Crippen molar-refractivity contribution >= 4 is 11.3 Å². The van der Waals surface area contributed by atoms with Crippen LogP contribution in [0.5, 0.6) is 5.88 Å². The van der Waals surface area contributed by atoms with Crippen LogP contribution >= 0.6 is 11.3 Å². The minimum Gasteiger partial charge on any atom is -0.481 e. The Balaban J connectivity index is 1.84. The molecule has 0 aliphatic rings. The molecule has 0 atom stereocenters. The zero-order valence-corrected chi connectivity index (χ0v) is 11.8. The highest BCUT2D eigenvalue weighted by molar-refractivity contribution is 7.12. The third kappa shape index (κ3) is 3.31. The Morgan fingerprint density at radius 3 is 2.67 bits per heavy atom. The first-order valence-corrected chi connectivity index (χ1v) is 6.76. The fraction of sp³-hybridized carbons (Fsp3) is 0.357. The normalized spacial score (nSPS) is 10.6. The number of hydrogen-bond acceptors (Lipinski definition) is 4. The maximum Gasteiger partial charge on any atom is 0.212 e. The number of thiophene rings is 1. The molecule has 0 radical (unpaired) electrons. The Morgan fingerprint density at radius 2 is 2.11 bits per heavy atom. The van der Waals surface area contributed by atoms with E-state index in [1.165, 1.54) is 20.9 Å². The summed E-state index contributed by atoms with van der Waals surface area (Å²) in [5, 5.41) is 3.43. The van der Waals surface area contributed by atoms with Crippen LogP contribution in [0, 0.1) is 13.8 Å². The molecule has 0 aliphatic heterocycles. The van der Waals surface area contributed by atoms with Gasteiger partial charge in [-0.1, -0.05) is 6.07 Å². The van der Waals surface area contributed by atoms with Gasteiger partial charge in [0.15, 0.2) is 0 Å². The fourth-order valence-electron chi connectivity index (χ4n) is 1.70. The van der Waals surface area contributed by atoms with E-state index in [9.17, 15) is 0 Å². The van der Waals surface area contributed by atoms with Crippen LogP contribution in [0.25, 0.3) is 0 Å². The summed E-state index contributed by atoms with van der Waals surface area (Å²) in [6, 6.07) is 6.17. The van der Waals surface area contributed by atoms with E-state index in [1.54, 1.807) is 7.11 Å². The van der Waals surface area contributed by atoms with Gasteiger partial charge in [-0.3, -0.25) is 0 Å². The summed E-state index contributed by atoms with van der Waals surface area (Å²) in [4.78, 5) is 6.96. The Bertz CT molecular complexity index is 486. The Hall–Kier alpha value is -1.39. The van der Waals surface area contributed by atoms with Gasteiger partial charge in [-0.2, -0.15) is 0 Å². The lowest BCUT2D eigenvalue weighted by atomic mass is 10.2. The van der Waals surface area contributed by atoms with Crippen molar-refractivity contribution in [3.05, 3.63) is 45.3 Å². The van der Waals surface area contributed by atoms with Crippen molar-refractivity contribution in [3.8, 4) is 5.88 Å². The highest BCUT2D eigenvalue weighted by atomic mass is 32.1. The quantitative estimate of drug-likeness (QED) is 0.899. The van der Waals surface area contributed by atoms with Gasteiger partial charge in [0.05, 0.1) is 7.11 Å². The largest absolute Gasteiger partial charge is 0.481 e. The number of rotatable bonds is 5. The van der Waals surface area contributed by atoms with Crippen molar-refractivity contribution in [1.82, 2.24) is 10.3 Å². The van der Waals surface area contributed by atoms with Crippen LogP contribution in [0.2, 0.25) is 0 Å². The minimum atomic E-state index is 0.656. The summed E-state index contributed by atoms with van der Waals surface area (Å²) in [7, 11) is 1.63. The molecule has 0 unspecified atom stereocenters. The van der Waals surface area contributed by atoms with Crippen LogP contribution < -0.4 is 10.1 Å². The predicted molar refractivity (Wildman–Crippen MR) is 75.1 cm³/mol. The van der Waals surface area contributed by atoms with Gasteiger partial charge in [-0.15, -0.1) is 11.3 Å². The summed E-state index contributed by atoms with van der Waals surface area (Å²) >= 11 is 1.86. The molecular weight excluding hydrogens is 244 g/mol. The van der Waals surface area contributed by atoms with E-state index in [4.69, 9.17) is 4.74 Å². The molecule has 3 nitrogen and oxygen atoms in total. The van der Waals surface area contributed by atoms with Gasteiger partial charge in [0.2, 0.25) is 5.88 Å². The van der Waals surface area contributed by atoms with Crippen molar-refractivity contribution in [2.75, 3.05) is 7.11 Å². The average molecular weight is 262 g/mol. The minimum absolute atomic E-state index is 0.656. The van der Waals surface area contributed by atoms with E-state index >= 15 is 0 Å². The van der Waals surface area contributed by atoms with E-state index in [-0.39, 0.29) is 0 Å². The summed E-state index contributed by atoms with van der Waals surface area (Å²) in [5.41, 5.74) is 2.55. The van der Waals surface area contributed by atoms with Crippen LogP contribution in [0.3, 0.4) is 0 Å². The molecule has 0 saturated heterocycles. The van der Waals surface area contributed by atoms with Crippen molar-refractivity contribution in [1.29, 1.82) is 0 Å². The Labute approximate surface area is 112 Å². The average Bonchev–Trinajstić information content (AvgIpc) is 2.69. The predicted octanol–water partition coefficient (Wildman–Crippen LogP) is 3.06. The van der Waals surface area contributed by atoms with Crippen LogP contribution in [0.4, 0.5) is 0 Å². The van der Waals surface area contributed by atoms with Gasteiger partial charge >= 0.3 is 0 Å². The van der Waals surface area contributed by atoms with E-state index in [0.717, 1.165) is 13.1 Å². The van der Waals surface area contributed by atoms with Crippen LogP contribution in [-0.2, 0) is 13.1 Å². The molecule has 0 amide bonds. The lowest BCUT2D eigenvalue weighted by Gasteiger charge is -2.04. The first-order valence-electron chi connectivity index (χ1n) is 5.94. The second-order valence-electron chi connectivity index (χ2n) is 4.26. The monoisotopic (exact) mass is 262 g/mol. The zero-order valence-electron chi connectivity index (χ0n) is 11.0. The highest BCUT2D eigenvalue weighted by Gasteiger charge is 2.01. The molecule has 0 saturated carbocycles. The molecule has 4 heteroatoms. The number of ether oxygens (including phenoxy) is 1. The van der Waals surface area contributed by atoms with Crippen molar-refractivity contribution in [3.63, 3.8) is 0 Å². The number of aryl methyl sites for hydroxylation is 2. The van der Waals surface area contributed by atoms with Crippen LogP contribution in [-0.4, -0.2) is 12.1 Å². The zero-order chi connectivity index (χ0) is 13.0. The summed E-state index contributed by atoms with van der Waals surface area (Å²) in [5.74, 6) is 0.656. The van der Waals surface area contributed by atoms with Crippen molar-refractivity contribution in [2.45, 2.75) is 26.9 Å². The summed E-state index contributed by atoms with van der Waals surface area (Å²) in [6.45, 7) is 6.05. The van der Waals surface area contributed by atoms with E-state index < -0.39 is 0 Å². The molecular formula is C14H18N2OS. The van der Waals surface area contributed by atoms with E-state index in [1.807, 2.05) is 29.7 Å². The van der Waals surface area contributed by atoms with Gasteiger partial charge < -0.3 is 10.1 Å². The summed E-state index contributed by atoms with van der Waals surface area (Å²) < 4.78 is 5.03. The maximum absolute atomic E-state index is 5.03. The first kappa shape index (κ1) is 13.1. The number of aromatic nitrogens is 1. The molecule has 2 heterocycles. The molecule has 0 spiro atoms. The van der Waals surface area contributed by atoms with Crippen LogP contribution in [0.1, 0.15) is 20.9 Å². The standard InChI is InChI=1S/C14H18N2OS/c1-10-6-13(18-11(10)2)9-15-7-12-4-5-14(17-3)16-8-12/h4-6,8,15H,7,9H2,1-3H3. The molecule has 96 valence electrons. The molecule has 0 fully saturated rings. The molecule has 0 aromatic carbocycles. The lowest BCUT2D eigenvalue weighted by Crippen LogP contribution is -2.11. The molecule has 1 N–H and O–H groups in total. The second-order valence-corrected chi connectivity index (χ2v) is 5.61. The van der Waals surface area contributed by atoms with Crippen molar-refractivity contribution in [2.24, 2.45) is 0 Å². The molecule has 2 aromatic rings. The first-order chi connectivity index (χ1) is 8.69.